The van der Waals surface area contributed by atoms with Crippen LogP contribution in [0.5, 0.6) is 0 Å². The average molecular weight is 264 g/mol. The van der Waals surface area contributed by atoms with Crippen molar-refractivity contribution in [2.45, 2.75) is 45.3 Å². The van der Waals surface area contributed by atoms with Crippen molar-refractivity contribution < 1.29 is 13.2 Å². The summed E-state index contributed by atoms with van der Waals surface area (Å²) in [5.41, 5.74) is 0. The minimum atomic E-state index is -3.17. The lowest BCUT2D eigenvalue weighted by atomic mass is 10.1. The second-order valence-corrected chi connectivity index (χ2v) is 6.69. The maximum absolute atomic E-state index is 11.6. The summed E-state index contributed by atoms with van der Waals surface area (Å²) in [7, 11) is -3.17. The van der Waals surface area contributed by atoms with Crippen LogP contribution in [0, 0.1) is 0 Å². The molecule has 0 aromatic rings. The molecule has 0 amide bonds. The quantitative estimate of drug-likeness (QED) is 0.701. The minimum absolute atomic E-state index is 0.0524. The van der Waals surface area contributed by atoms with Gasteiger partial charge < -0.3 is 10.1 Å². The van der Waals surface area contributed by atoms with Gasteiger partial charge in [0.2, 0.25) is 10.0 Å². The number of sulfonamides is 1. The molecule has 1 aliphatic heterocycles. The first-order chi connectivity index (χ1) is 7.99. The molecule has 1 aliphatic rings. The van der Waals surface area contributed by atoms with Gasteiger partial charge in [-0.1, -0.05) is 13.8 Å². The predicted octanol–water partition coefficient (Wildman–Crippen LogP) is 0.473. The van der Waals surface area contributed by atoms with Crippen LogP contribution < -0.4 is 10.0 Å². The Morgan fingerprint density at radius 1 is 1.35 bits per heavy atom. The molecule has 5 nitrogen and oxygen atoms in total. The van der Waals surface area contributed by atoms with Gasteiger partial charge in [0.25, 0.3) is 0 Å². The highest BCUT2D eigenvalue weighted by atomic mass is 32.2. The molecule has 1 unspecified atom stereocenters. The fourth-order valence-electron chi connectivity index (χ4n) is 1.74. The van der Waals surface area contributed by atoms with E-state index in [-0.39, 0.29) is 11.9 Å². The number of hydrogen-bond acceptors (Lipinski definition) is 4. The molecule has 102 valence electrons. The van der Waals surface area contributed by atoms with Gasteiger partial charge in [0.05, 0.1) is 11.9 Å². The van der Waals surface area contributed by atoms with Crippen LogP contribution in [0.4, 0.5) is 0 Å². The Hall–Kier alpha value is -0.170. The fraction of sp³-hybridized carbons (Fsp3) is 1.00. The van der Waals surface area contributed by atoms with Gasteiger partial charge in [-0.2, -0.15) is 0 Å². The minimum Gasteiger partial charge on any atom is -0.377 e. The molecule has 0 aromatic carbocycles. The van der Waals surface area contributed by atoms with E-state index >= 15 is 0 Å². The zero-order chi connectivity index (χ0) is 12.7. The van der Waals surface area contributed by atoms with Crippen molar-refractivity contribution in [1.82, 2.24) is 10.0 Å². The van der Waals surface area contributed by atoms with E-state index in [0.717, 1.165) is 25.9 Å². The highest BCUT2D eigenvalue weighted by Crippen LogP contribution is 2.11. The Kier molecular flexibility index (Phi) is 6.40. The number of rotatable bonds is 7. The summed E-state index contributed by atoms with van der Waals surface area (Å²) in [5.74, 6) is 0.123. The lowest BCUT2D eigenvalue weighted by Gasteiger charge is -2.22. The van der Waals surface area contributed by atoms with Gasteiger partial charge in [0, 0.05) is 25.7 Å². The van der Waals surface area contributed by atoms with Crippen LogP contribution in [-0.2, 0) is 14.8 Å². The molecule has 6 heteroatoms. The van der Waals surface area contributed by atoms with Gasteiger partial charge in [-0.25, -0.2) is 13.1 Å². The summed E-state index contributed by atoms with van der Waals surface area (Å²) >= 11 is 0. The van der Waals surface area contributed by atoms with Gasteiger partial charge in [-0.05, 0) is 19.3 Å². The smallest absolute Gasteiger partial charge is 0.212 e. The van der Waals surface area contributed by atoms with Gasteiger partial charge >= 0.3 is 0 Å². The summed E-state index contributed by atoms with van der Waals surface area (Å²) in [6, 6.07) is 0.312. The van der Waals surface area contributed by atoms with Crippen molar-refractivity contribution in [2.24, 2.45) is 0 Å². The van der Waals surface area contributed by atoms with Crippen molar-refractivity contribution >= 4 is 10.0 Å². The molecule has 1 atom stereocenters. The number of nitrogens with one attached hydrogen (secondary N) is 2. The van der Waals surface area contributed by atoms with E-state index in [1.165, 1.54) is 0 Å². The molecular formula is C11H24N2O3S. The van der Waals surface area contributed by atoms with Crippen LogP contribution in [0.1, 0.15) is 33.1 Å². The lowest BCUT2D eigenvalue weighted by Crippen LogP contribution is -2.39. The highest BCUT2D eigenvalue weighted by Gasteiger charge is 2.17. The van der Waals surface area contributed by atoms with Crippen molar-refractivity contribution in [3.63, 3.8) is 0 Å². The van der Waals surface area contributed by atoms with Gasteiger partial charge in [0.1, 0.15) is 0 Å². The predicted molar refractivity (Wildman–Crippen MR) is 68.5 cm³/mol. The summed E-state index contributed by atoms with van der Waals surface area (Å²) in [6.07, 6.45) is 3.21. The highest BCUT2D eigenvalue weighted by molar-refractivity contribution is 7.89. The third-order valence-corrected chi connectivity index (χ3v) is 4.08. The summed E-state index contributed by atoms with van der Waals surface area (Å²) in [6.45, 7) is 5.63. The Labute approximate surface area is 104 Å². The Morgan fingerprint density at radius 3 is 2.71 bits per heavy atom. The number of ether oxygens (including phenoxy) is 1. The van der Waals surface area contributed by atoms with Gasteiger partial charge in [0.15, 0.2) is 0 Å². The Balaban J connectivity index is 2.19. The first-order valence-electron chi connectivity index (χ1n) is 6.32. The molecule has 1 fully saturated rings. The van der Waals surface area contributed by atoms with Crippen molar-refractivity contribution in [3.05, 3.63) is 0 Å². The maximum Gasteiger partial charge on any atom is 0.212 e. The first kappa shape index (κ1) is 14.9. The molecule has 0 aromatic heterocycles. The molecular weight excluding hydrogens is 240 g/mol. The molecule has 2 N–H and O–H groups in total. The standard InChI is InChI=1S/C11H24N2O3S/c1-10(2)12-6-8-17(14,15)13-9-11-5-3-4-7-16-11/h10-13H,3-9H2,1-2H3. The van der Waals surface area contributed by atoms with Gasteiger partial charge in [-0.3, -0.25) is 0 Å². The third-order valence-electron chi connectivity index (χ3n) is 2.73. The fourth-order valence-corrected chi connectivity index (χ4v) is 2.71. The second kappa shape index (κ2) is 7.31. The van der Waals surface area contributed by atoms with Gasteiger partial charge in [-0.15, -0.1) is 0 Å². The van der Waals surface area contributed by atoms with Crippen LogP contribution in [0.2, 0.25) is 0 Å². The summed E-state index contributed by atoms with van der Waals surface area (Å²) < 4.78 is 31.4. The monoisotopic (exact) mass is 264 g/mol. The van der Waals surface area contributed by atoms with E-state index in [9.17, 15) is 8.42 Å². The number of hydrogen-bond donors (Lipinski definition) is 2. The van der Waals surface area contributed by atoms with E-state index in [0.29, 0.717) is 19.1 Å². The van der Waals surface area contributed by atoms with E-state index in [1.54, 1.807) is 0 Å². The van der Waals surface area contributed by atoms with Crippen molar-refractivity contribution in [2.75, 3.05) is 25.4 Å². The molecule has 0 radical (unpaired) electrons. The molecule has 1 rings (SSSR count). The SMILES string of the molecule is CC(C)NCCS(=O)(=O)NCC1CCCCO1. The van der Waals surface area contributed by atoms with Crippen LogP contribution >= 0.6 is 0 Å². The van der Waals surface area contributed by atoms with Crippen LogP contribution in [-0.4, -0.2) is 46.0 Å². The molecule has 17 heavy (non-hydrogen) atoms. The zero-order valence-corrected chi connectivity index (χ0v) is 11.6. The topological polar surface area (TPSA) is 67.4 Å². The van der Waals surface area contributed by atoms with E-state index in [2.05, 4.69) is 10.0 Å². The van der Waals surface area contributed by atoms with Crippen molar-refractivity contribution in [3.8, 4) is 0 Å². The third kappa shape index (κ3) is 6.98. The Bertz CT molecular complexity index is 298. The first-order valence-corrected chi connectivity index (χ1v) is 7.97. The van der Waals surface area contributed by atoms with E-state index in [4.69, 9.17) is 4.74 Å². The van der Waals surface area contributed by atoms with E-state index < -0.39 is 10.0 Å². The maximum atomic E-state index is 11.6. The van der Waals surface area contributed by atoms with Crippen LogP contribution in [0.3, 0.4) is 0 Å². The molecule has 0 saturated carbocycles. The van der Waals surface area contributed by atoms with Crippen molar-refractivity contribution in [1.29, 1.82) is 0 Å². The molecule has 1 heterocycles. The lowest BCUT2D eigenvalue weighted by molar-refractivity contribution is 0.0200. The molecule has 0 aliphatic carbocycles. The van der Waals surface area contributed by atoms with Crippen LogP contribution in [0.25, 0.3) is 0 Å². The largest absolute Gasteiger partial charge is 0.377 e. The van der Waals surface area contributed by atoms with E-state index in [1.807, 2.05) is 13.8 Å². The normalized spacial score (nSPS) is 21.9. The summed E-state index contributed by atoms with van der Waals surface area (Å²) in [4.78, 5) is 0. The second-order valence-electron chi connectivity index (χ2n) is 4.76. The zero-order valence-electron chi connectivity index (χ0n) is 10.7. The molecule has 0 bridgehead atoms. The molecule has 1 saturated heterocycles. The summed E-state index contributed by atoms with van der Waals surface area (Å²) in [5, 5.41) is 3.09. The Morgan fingerprint density at radius 2 is 2.12 bits per heavy atom. The van der Waals surface area contributed by atoms with Crippen LogP contribution in [0.15, 0.2) is 0 Å². The molecule has 0 spiro atoms. The average Bonchev–Trinajstić information content (AvgIpc) is 2.27.